The molecule has 0 aromatic carbocycles. The van der Waals surface area contributed by atoms with E-state index >= 15 is 0 Å². The summed E-state index contributed by atoms with van der Waals surface area (Å²) in [4.78, 5) is 13.0. The normalized spacial score (nSPS) is 27.0. The zero-order valence-electron chi connectivity index (χ0n) is 18.1. The second-order valence-electron chi connectivity index (χ2n) is 8.70. The molecule has 3 rings (SSSR count). The molecule has 0 spiro atoms. The summed E-state index contributed by atoms with van der Waals surface area (Å²) in [7, 11) is -2.13. The second kappa shape index (κ2) is 9.08. The largest absolute Gasteiger partial charge is 0.496 e. The Hall–Kier alpha value is -1.90. The lowest BCUT2D eigenvalue weighted by atomic mass is 9.70. The summed E-state index contributed by atoms with van der Waals surface area (Å²) in [6.07, 6.45) is 13.4. The highest BCUT2D eigenvalue weighted by molar-refractivity contribution is 7.86. The van der Waals surface area contributed by atoms with E-state index in [-0.39, 0.29) is 11.3 Å². The number of nitrogens with two attached hydrogens (primary N) is 1. The SMILES string of the molecule is COC1=CC(C)CC=C1C(=O)NCC1(C2=CCC(C)C=C2)CCN(S(N)(=O)=O)CC1. The fourth-order valence-corrected chi connectivity index (χ4v) is 5.10. The van der Waals surface area contributed by atoms with E-state index in [1.54, 1.807) is 7.11 Å². The zero-order chi connectivity index (χ0) is 21.9. The van der Waals surface area contributed by atoms with E-state index in [0.29, 0.717) is 55.6 Å². The Labute approximate surface area is 179 Å². The number of amides is 1. The summed E-state index contributed by atoms with van der Waals surface area (Å²) >= 11 is 0. The first-order valence-corrected chi connectivity index (χ1v) is 12.1. The van der Waals surface area contributed by atoms with Crippen LogP contribution in [0.2, 0.25) is 0 Å². The molecule has 1 fully saturated rings. The van der Waals surface area contributed by atoms with Gasteiger partial charge in [-0.3, -0.25) is 4.79 Å². The molecular formula is C22H33N3O4S. The molecule has 2 unspecified atom stereocenters. The van der Waals surface area contributed by atoms with Crippen molar-refractivity contribution in [1.82, 2.24) is 9.62 Å². The van der Waals surface area contributed by atoms with Crippen molar-refractivity contribution in [3.8, 4) is 0 Å². The molecule has 0 aromatic rings. The van der Waals surface area contributed by atoms with E-state index in [2.05, 4.69) is 37.4 Å². The highest BCUT2D eigenvalue weighted by atomic mass is 32.2. The molecule has 3 aliphatic rings. The number of ether oxygens (including phenoxy) is 1. The molecule has 1 heterocycles. The van der Waals surface area contributed by atoms with Gasteiger partial charge in [-0.25, -0.2) is 5.14 Å². The second-order valence-corrected chi connectivity index (χ2v) is 10.3. The molecule has 30 heavy (non-hydrogen) atoms. The molecule has 166 valence electrons. The summed E-state index contributed by atoms with van der Waals surface area (Å²) < 4.78 is 30.3. The minimum absolute atomic E-state index is 0.156. The van der Waals surface area contributed by atoms with Gasteiger partial charge in [-0.2, -0.15) is 12.7 Å². The minimum Gasteiger partial charge on any atom is -0.496 e. The van der Waals surface area contributed by atoms with E-state index in [0.717, 1.165) is 12.8 Å². The van der Waals surface area contributed by atoms with Gasteiger partial charge < -0.3 is 10.1 Å². The van der Waals surface area contributed by atoms with Crippen LogP contribution in [-0.4, -0.2) is 45.4 Å². The van der Waals surface area contributed by atoms with Crippen molar-refractivity contribution in [1.29, 1.82) is 0 Å². The van der Waals surface area contributed by atoms with Gasteiger partial charge in [0.1, 0.15) is 5.76 Å². The van der Waals surface area contributed by atoms with Crippen LogP contribution < -0.4 is 10.5 Å². The molecule has 8 heteroatoms. The van der Waals surface area contributed by atoms with Gasteiger partial charge in [0, 0.05) is 25.0 Å². The third-order valence-corrected chi connectivity index (χ3v) is 7.50. The van der Waals surface area contributed by atoms with Crippen molar-refractivity contribution in [3.05, 3.63) is 47.3 Å². The third-order valence-electron chi connectivity index (χ3n) is 6.41. The van der Waals surface area contributed by atoms with Crippen molar-refractivity contribution < 1.29 is 17.9 Å². The Morgan fingerprint density at radius 2 is 1.90 bits per heavy atom. The summed E-state index contributed by atoms with van der Waals surface area (Å²) in [5.74, 6) is 1.27. The molecule has 3 N–H and O–H groups in total. The summed E-state index contributed by atoms with van der Waals surface area (Å²) in [6, 6.07) is 0. The number of allylic oxidation sites excluding steroid dienone is 5. The highest BCUT2D eigenvalue weighted by Crippen LogP contribution is 2.41. The number of piperidine rings is 1. The first-order valence-electron chi connectivity index (χ1n) is 10.6. The molecule has 0 saturated carbocycles. The number of hydrogen-bond donors (Lipinski definition) is 2. The van der Waals surface area contributed by atoms with Gasteiger partial charge in [0.25, 0.3) is 16.1 Å². The van der Waals surface area contributed by atoms with Gasteiger partial charge in [0.05, 0.1) is 12.7 Å². The van der Waals surface area contributed by atoms with Crippen LogP contribution in [0, 0.1) is 17.3 Å². The fraction of sp³-hybridized carbons (Fsp3) is 0.591. The molecule has 7 nitrogen and oxygen atoms in total. The molecule has 0 radical (unpaired) electrons. The molecule has 2 atom stereocenters. The van der Waals surface area contributed by atoms with E-state index in [1.165, 1.54) is 9.88 Å². The van der Waals surface area contributed by atoms with Crippen LogP contribution >= 0.6 is 0 Å². The number of nitrogens with zero attached hydrogens (tertiary/aromatic N) is 1. The standard InChI is InChI=1S/C22H33N3O4S/c1-16-4-7-18(8-5-16)22(10-12-25(13-11-22)30(23,27)28)15-24-21(26)19-9-6-17(2)14-20(19)29-3/h4,7-9,14,16-17H,5-6,10-13,15H2,1-3H3,(H,24,26)(H2,23,27,28). The molecule has 1 amide bonds. The zero-order valence-corrected chi connectivity index (χ0v) is 18.9. The number of carbonyl (C=O) groups is 1. The Kier molecular flexibility index (Phi) is 6.89. The van der Waals surface area contributed by atoms with E-state index in [9.17, 15) is 13.2 Å². The summed E-state index contributed by atoms with van der Waals surface area (Å²) in [6.45, 7) is 5.38. The number of nitrogens with one attached hydrogen (secondary N) is 1. The van der Waals surface area contributed by atoms with Crippen molar-refractivity contribution in [2.24, 2.45) is 22.4 Å². The number of carbonyl (C=O) groups excluding carboxylic acids is 1. The maximum absolute atomic E-state index is 13.0. The lowest BCUT2D eigenvalue weighted by Gasteiger charge is -2.43. The maximum Gasteiger partial charge on any atom is 0.276 e. The van der Waals surface area contributed by atoms with Crippen molar-refractivity contribution in [2.45, 2.75) is 39.5 Å². The van der Waals surface area contributed by atoms with E-state index < -0.39 is 10.2 Å². The van der Waals surface area contributed by atoms with Crippen molar-refractivity contribution in [2.75, 3.05) is 26.7 Å². The van der Waals surface area contributed by atoms with Crippen LogP contribution in [0.3, 0.4) is 0 Å². The highest BCUT2D eigenvalue weighted by Gasteiger charge is 2.40. The lowest BCUT2D eigenvalue weighted by molar-refractivity contribution is -0.118. The Morgan fingerprint density at radius 3 is 2.47 bits per heavy atom. The molecule has 2 aliphatic carbocycles. The number of methoxy groups -OCH3 is 1. The molecule has 1 saturated heterocycles. The number of rotatable bonds is 6. The minimum atomic E-state index is -3.70. The summed E-state index contributed by atoms with van der Waals surface area (Å²) in [5.41, 5.74) is 1.42. The predicted molar refractivity (Wildman–Crippen MR) is 117 cm³/mol. The average molecular weight is 436 g/mol. The maximum atomic E-state index is 13.0. The molecular weight excluding hydrogens is 402 g/mol. The van der Waals surface area contributed by atoms with Gasteiger partial charge >= 0.3 is 0 Å². The Balaban J connectivity index is 1.77. The van der Waals surface area contributed by atoms with E-state index in [1.807, 2.05) is 12.2 Å². The van der Waals surface area contributed by atoms with Crippen LogP contribution in [0.1, 0.15) is 39.5 Å². The van der Waals surface area contributed by atoms with Gasteiger partial charge in [0.2, 0.25) is 0 Å². The predicted octanol–water partition coefficient (Wildman–Crippen LogP) is 2.41. The monoisotopic (exact) mass is 435 g/mol. The van der Waals surface area contributed by atoms with Crippen LogP contribution in [0.4, 0.5) is 0 Å². The quantitative estimate of drug-likeness (QED) is 0.669. The van der Waals surface area contributed by atoms with Crippen molar-refractivity contribution in [3.63, 3.8) is 0 Å². The fourth-order valence-electron chi connectivity index (χ4n) is 4.40. The Morgan fingerprint density at radius 1 is 1.23 bits per heavy atom. The van der Waals surface area contributed by atoms with Gasteiger partial charge in [-0.15, -0.1) is 0 Å². The molecule has 1 aliphatic heterocycles. The van der Waals surface area contributed by atoms with Crippen molar-refractivity contribution >= 4 is 16.1 Å². The molecule has 0 aromatic heterocycles. The third kappa shape index (κ3) is 5.04. The Bertz CT molecular complexity index is 893. The lowest BCUT2D eigenvalue weighted by Crippen LogP contribution is -2.50. The average Bonchev–Trinajstić information content (AvgIpc) is 2.72. The van der Waals surface area contributed by atoms with Crippen LogP contribution in [0.5, 0.6) is 0 Å². The van der Waals surface area contributed by atoms with Gasteiger partial charge in [-0.1, -0.05) is 38.2 Å². The van der Waals surface area contributed by atoms with Gasteiger partial charge in [-0.05, 0) is 49.2 Å². The molecule has 0 bridgehead atoms. The van der Waals surface area contributed by atoms with Gasteiger partial charge in [0.15, 0.2) is 0 Å². The first-order chi connectivity index (χ1) is 14.1. The smallest absolute Gasteiger partial charge is 0.276 e. The van der Waals surface area contributed by atoms with Crippen LogP contribution in [-0.2, 0) is 19.7 Å². The first kappa shape index (κ1) is 22.8. The summed E-state index contributed by atoms with van der Waals surface area (Å²) in [5, 5.41) is 8.43. The topological polar surface area (TPSA) is 102 Å². The number of hydrogen-bond acceptors (Lipinski definition) is 4. The van der Waals surface area contributed by atoms with E-state index in [4.69, 9.17) is 9.88 Å². The van der Waals surface area contributed by atoms with Crippen LogP contribution in [0.15, 0.2) is 47.3 Å². The van der Waals surface area contributed by atoms with Crippen LogP contribution in [0.25, 0.3) is 0 Å².